The highest BCUT2D eigenvalue weighted by molar-refractivity contribution is 9.10. The summed E-state index contributed by atoms with van der Waals surface area (Å²) >= 11 is 3.48. The first-order chi connectivity index (χ1) is 12.4. The molecular weight excluding hydrogens is 392 g/mol. The molecule has 0 spiro atoms. The van der Waals surface area contributed by atoms with Crippen LogP contribution in [0.5, 0.6) is 0 Å². The second-order valence-corrected chi connectivity index (χ2v) is 7.65. The number of carbonyl (C=O) groups is 2. The number of amides is 2. The van der Waals surface area contributed by atoms with Crippen LogP contribution in [0.1, 0.15) is 30.0 Å². The van der Waals surface area contributed by atoms with Gasteiger partial charge in [-0.25, -0.2) is 0 Å². The maximum absolute atomic E-state index is 12.8. The Morgan fingerprint density at radius 2 is 2.00 bits per heavy atom. The second kappa shape index (κ2) is 7.62. The minimum Gasteiger partial charge on any atom is -0.325 e. The maximum atomic E-state index is 12.8. The summed E-state index contributed by atoms with van der Waals surface area (Å²) < 4.78 is 1.01. The predicted octanol–water partition coefficient (Wildman–Crippen LogP) is 4.62. The van der Waals surface area contributed by atoms with E-state index in [1.807, 2.05) is 50.2 Å². The van der Waals surface area contributed by atoms with E-state index in [-0.39, 0.29) is 24.2 Å². The Hall–Kier alpha value is -2.14. The Labute approximate surface area is 162 Å². The minimum absolute atomic E-state index is 0.00706. The Bertz CT molecular complexity index is 863. The number of nitrogens with one attached hydrogen (secondary N) is 1. The Morgan fingerprint density at radius 1 is 1.23 bits per heavy atom. The van der Waals surface area contributed by atoms with Crippen LogP contribution in [-0.4, -0.2) is 18.4 Å². The van der Waals surface area contributed by atoms with Crippen LogP contribution < -0.4 is 10.2 Å². The van der Waals surface area contributed by atoms with Gasteiger partial charge in [0.05, 0.1) is 5.92 Å². The molecule has 3 rings (SSSR count). The molecule has 1 N–H and O–H groups in total. The third kappa shape index (κ3) is 3.68. The van der Waals surface area contributed by atoms with Gasteiger partial charge in [0.25, 0.3) is 0 Å². The summed E-state index contributed by atoms with van der Waals surface area (Å²) in [6, 6.07) is 11.8. The molecule has 0 aromatic heterocycles. The molecule has 1 aliphatic heterocycles. The number of halogens is 1. The number of nitrogens with zero attached hydrogens (tertiary/aromatic N) is 1. The quantitative estimate of drug-likeness (QED) is 0.792. The van der Waals surface area contributed by atoms with Crippen molar-refractivity contribution in [2.45, 2.75) is 33.6 Å². The fraction of sp³-hybridized carbons (Fsp3) is 0.333. The van der Waals surface area contributed by atoms with E-state index >= 15 is 0 Å². The molecule has 2 amide bonds. The Balaban J connectivity index is 1.76. The van der Waals surface area contributed by atoms with Crippen molar-refractivity contribution in [1.82, 2.24) is 0 Å². The molecule has 1 saturated heterocycles. The topological polar surface area (TPSA) is 49.4 Å². The van der Waals surface area contributed by atoms with Gasteiger partial charge in [-0.05, 0) is 55.2 Å². The summed E-state index contributed by atoms with van der Waals surface area (Å²) in [5.41, 5.74) is 4.95. The molecule has 0 aliphatic carbocycles. The van der Waals surface area contributed by atoms with Crippen molar-refractivity contribution in [1.29, 1.82) is 0 Å². The summed E-state index contributed by atoms with van der Waals surface area (Å²) in [5, 5.41) is 3.06. The number of benzene rings is 2. The highest BCUT2D eigenvalue weighted by atomic mass is 79.9. The SMILES string of the molecule is CCc1cccc(C)c1NC(=O)C1CC(=O)N(c2ccc(Br)c(C)c2)C1. The van der Waals surface area contributed by atoms with Crippen LogP contribution >= 0.6 is 15.9 Å². The van der Waals surface area contributed by atoms with E-state index in [0.717, 1.165) is 39.0 Å². The van der Waals surface area contributed by atoms with E-state index in [1.54, 1.807) is 4.90 Å². The molecule has 2 aromatic rings. The minimum atomic E-state index is -0.337. The molecule has 136 valence electrons. The lowest BCUT2D eigenvalue weighted by Crippen LogP contribution is -2.28. The number of aryl methyl sites for hydroxylation is 3. The van der Waals surface area contributed by atoms with Crippen molar-refractivity contribution >= 4 is 39.1 Å². The molecule has 2 aromatic carbocycles. The van der Waals surface area contributed by atoms with Crippen molar-refractivity contribution in [3.05, 3.63) is 57.6 Å². The van der Waals surface area contributed by atoms with Crippen molar-refractivity contribution in [2.75, 3.05) is 16.8 Å². The van der Waals surface area contributed by atoms with Gasteiger partial charge < -0.3 is 10.2 Å². The largest absolute Gasteiger partial charge is 0.325 e. The monoisotopic (exact) mass is 414 g/mol. The number of hydrogen-bond acceptors (Lipinski definition) is 2. The van der Waals surface area contributed by atoms with Crippen LogP contribution in [-0.2, 0) is 16.0 Å². The van der Waals surface area contributed by atoms with Crippen LogP contribution in [0.2, 0.25) is 0 Å². The van der Waals surface area contributed by atoms with Crippen LogP contribution in [0, 0.1) is 19.8 Å². The van der Waals surface area contributed by atoms with Gasteiger partial charge in [0.2, 0.25) is 11.8 Å². The molecule has 0 bridgehead atoms. The van der Waals surface area contributed by atoms with Gasteiger partial charge in [-0.2, -0.15) is 0 Å². The van der Waals surface area contributed by atoms with E-state index in [2.05, 4.69) is 28.2 Å². The summed E-state index contributed by atoms with van der Waals surface area (Å²) in [6.07, 6.45) is 1.10. The third-order valence-electron chi connectivity index (χ3n) is 4.94. The average Bonchev–Trinajstić information content (AvgIpc) is 3.01. The van der Waals surface area contributed by atoms with Gasteiger partial charge in [-0.3, -0.25) is 9.59 Å². The van der Waals surface area contributed by atoms with Crippen LogP contribution in [0.4, 0.5) is 11.4 Å². The van der Waals surface area contributed by atoms with E-state index in [9.17, 15) is 9.59 Å². The number of anilines is 2. The molecule has 1 fully saturated rings. The first kappa shape index (κ1) is 18.6. The lowest BCUT2D eigenvalue weighted by Gasteiger charge is -2.18. The summed E-state index contributed by atoms with van der Waals surface area (Å²) in [7, 11) is 0. The Morgan fingerprint density at radius 3 is 2.69 bits per heavy atom. The molecule has 0 saturated carbocycles. The van der Waals surface area contributed by atoms with E-state index < -0.39 is 0 Å². The first-order valence-corrected chi connectivity index (χ1v) is 9.66. The zero-order valence-electron chi connectivity index (χ0n) is 15.3. The smallest absolute Gasteiger partial charge is 0.229 e. The highest BCUT2D eigenvalue weighted by Crippen LogP contribution is 2.30. The lowest BCUT2D eigenvalue weighted by molar-refractivity contribution is -0.122. The molecule has 0 radical (unpaired) electrons. The predicted molar refractivity (Wildman–Crippen MR) is 109 cm³/mol. The normalized spacial score (nSPS) is 16.8. The molecule has 26 heavy (non-hydrogen) atoms. The number of para-hydroxylation sites is 1. The van der Waals surface area contributed by atoms with Crippen LogP contribution in [0.3, 0.4) is 0 Å². The van der Waals surface area contributed by atoms with Crippen molar-refractivity contribution in [3.63, 3.8) is 0 Å². The molecule has 1 atom stereocenters. The molecule has 1 unspecified atom stereocenters. The number of carbonyl (C=O) groups excluding carboxylic acids is 2. The highest BCUT2D eigenvalue weighted by Gasteiger charge is 2.35. The fourth-order valence-electron chi connectivity index (χ4n) is 3.36. The van der Waals surface area contributed by atoms with Crippen LogP contribution in [0.15, 0.2) is 40.9 Å². The third-order valence-corrected chi connectivity index (χ3v) is 5.83. The van der Waals surface area contributed by atoms with Crippen molar-refractivity contribution < 1.29 is 9.59 Å². The van der Waals surface area contributed by atoms with E-state index in [0.29, 0.717) is 6.54 Å². The molecular formula is C21H23BrN2O2. The summed E-state index contributed by atoms with van der Waals surface area (Å²) in [5.74, 6) is -0.429. The van der Waals surface area contributed by atoms with Gasteiger partial charge >= 0.3 is 0 Å². The van der Waals surface area contributed by atoms with Crippen molar-refractivity contribution in [3.8, 4) is 0 Å². The number of rotatable bonds is 4. The van der Waals surface area contributed by atoms with Gasteiger partial charge in [0.1, 0.15) is 0 Å². The van der Waals surface area contributed by atoms with Gasteiger partial charge in [0, 0.05) is 28.8 Å². The van der Waals surface area contributed by atoms with Crippen LogP contribution in [0.25, 0.3) is 0 Å². The van der Waals surface area contributed by atoms with E-state index in [4.69, 9.17) is 0 Å². The Kier molecular flexibility index (Phi) is 5.47. The summed E-state index contributed by atoms with van der Waals surface area (Å²) in [4.78, 5) is 27.0. The molecule has 1 heterocycles. The molecule has 4 nitrogen and oxygen atoms in total. The second-order valence-electron chi connectivity index (χ2n) is 6.79. The standard InChI is InChI=1S/C21H23BrN2O2/c1-4-15-7-5-6-13(2)20(15)23-21(26)16-11-19(25)24(12-16)17-8-9-18(22)14(3)10-17/h5-10,16H,4,11-12H2,1-3H3,(H,23,26). The lowest BCUT2D eigenvalue weighted by atomic mass is 10.0. The van der Waals surface area contributed by atoms with Gasteiger partial charge in [-0.1, -0.05) is 41.1 Å². The average molecular weight is 415 g/mol. The van der Waals surface area contributed by atoms with E-state index in [1.165, 1.54) is 0 Å². The fourth-order valence-corrected chi connectivity index (χ4v) is 3.60. The van der Waals surface area contributed by atoms with Crippen molar-refractivity contribution in [2.24, 2.45) is 5.92 Å². The molecule has 1 aliphatic rings. The summed E-state index contributed by atoms with van der Waals surface area (Å²) in [6.45, 7) is 6.47. The maximum Gasteiger partial charge on any atom is 0.229 e. The first-order valence-electron chi connectivity index (χ1n) is 8.86. The molecule has 5 heteroatoms. The van der Waals surface area contributed by atoms with Gasteiger partial charge in [0.15, 0.2) is 0 Å². The zero-order chi connectivity index (χ0) is 18.8. The number of hydrogen-bond donors (Lipinski definition) is 1. The van der Waals surface area contributed by atoms with Gasteiger partial charge in [-0.15, -0.1) is 0 Å². The zero-order valence-corrected chi connectivity index (χ0v) is 16.9.